The lowest BCUT2D eigenvalue weighted by molar-refractivity contribution is -0.124. The number of rotatable bonds is 0. The fourth-order valence-corrected chi connectivity index (χ4v) is 1.01. The van der Waals surface area contributed by atoms with Crippen molar-refractivity contribution >= 4 is 5.91 Å². The van der Waals surface area contributed by atoms with Crippen LogP contribution in [0.4, 0.5) is 0 Å². The summed E-state index contributed by atoms with van der Waals surface area (Å²) in [6.45, 7) is 1.70. The van der Waals surface area contributed by atoms with Gasteiger partial charge in [0.1, 0.15) is 0 Å². The average Bonchev–Trinajstić information content (AvgIpc) is 2.37. The standard InChI is InChI=1S/C7H9NO/c1-2-7(9)8-5-3-4-6-8/h1H,3-6H2. The number of carbonyl (C=O) groups is 1. The van der Waals surface area contributed by atoms with E-state index < -0.39 is 0 Å². The predicted octanol–water partition coefficient (Wildman–Crippen LogP) is 0.242. The van der Waals surface area contributed by atoms with Crippen molar-refractivity contribution in [3.63, 3.8) is 0 Å². The second kappa shape index (κ2) is 2.54. The third-order valence-electron chi connectivity index (χ3n) is 1.52. The fourth-order valence-electron chi connectivity index (χ4n) is 1.01. The number of hydrogen-bond acceptors (Lipinski definition) is 1. The molecular formula is C7H9NO. The fraction of sp³-hybridized carbons (Fsp3) is 0.571. The van der Waals surface area contributed by atoms with Crippen molar-refractivity contribution in [3.05, 3.63) is 0 Å². The van der Waals surface area contributed by atoms with Gasteiger partial charge < -0.3 is 4.90 Å². The molecule has 0 saturated carbocycles. The third-order valence-corrected chi connectivity index (χ3v) is 1.52. The Balaban J connectivity index is 2.44. The van der Waals surface area contributed by atoms with Crippen molar-refractivity contribution in [3.8, 4) is 12.3 Å². The summed E-state index contributed by atoms with van der Waals surface area (Å²) in [5, 5.41) is 0. The van der Waals surface area contributed by atoms with Gasteiger partial charge in [0.25, 0.3) is 5.91 Å². The molecule has 0 aromatic heterocycles. The Bertz CT molecular complexity index is 151. The average molecular weight is 123 g/mol. The normalized spacial score (nSPS) is 17.4. The highest BCUT2D eigenvalue weighted by molar-refractivity contribution is 5.92. The van der Waals surface area contributed by atoms with Gasteiger partial charge in [-0.25, -0.2) is 0 Å². The molecule has 1 rings (SSSR count). The summed E-state index contributed by atoms with van der Waals surface area (Å²) in [7, 11) is 0. The Hall–Kier alpha value is -0.970. The number of carbonyl (C=O) groups excluding carboxylic acids is 1. The van der Waals surface area contributed by atoms with Gasteiger partial charge in [0.05, 0.1) is 0 Å². The van der Waals surface area contributed by atoms with Crippen LogP contribution in [0.25, 0.3) is 0 Å². The maximum Gasteiger partial charge on any atom is 0.298 e. The van der Waals surface area contributed by atoms with Crippen LogP contribution < -0.4 is 0 Å². The minimum Gasteiger partial charge on any atom is -0.332 e. The lowest BCUT2D eigenvalue weighted by atomic mass is 10.4. The third kappa shape index (κ3) is 1.23. The molecule has 0 spiro atoms. The second-order valence-corrected chi connectivity index (χ2v) is 2.14. The molecule has 1 heterocycles. The van der Waals surface area contributed by atoms with Crippen LogP contribution in [0.2, 0.25) is 0 Å². The molecule has 2 heteroatoms. The SMILES string of the molecule is C#CC(=O)N1CCCC1. The first-order chi connectivity index (χ1) is 4.34. The first-order valence-corrected chi connectivity index (χ1v) is 3.10. The smallest absolute Gasteiger partial charge is 0.298 e. The summed E-state index contributed by atoms with van der Waals surface area (Å²) in [5.74, 6) is 1.93. The Morgan fingerprint density at radius 2 is 2.00 bits per heavy atom. The van der Waals surface area contributed by atoms with Crippen LogP contribution in [0, 0.1) is 12.3 Å². The summed E-state index contributed by atoms with van der Waals surface area (Å²) in [6.07, 6.45) is 7.12. The van der Waals surface area contributed by atoms with Gasteiger partial charge in [0, 0.05) is 13.1 Å². The number of terminal acetylenes is 1. The van der Waals surface area contributed by atoms with Crippen LogP contribution in [0.15, 0.2) is 0 Å². The molecule has 0 aliphatic carbocycles. The van der Waals surface area contributed by atoms with E-state index in [4.69, 9.17) is 6.42 Å². The van der Waals surface area contributed by atoms with E-state index in [-0.39, 0.29) is 5.91 Å². The number of nitrogens with zero attached hydrogens (tertiary/aromatic N) is 1. The number of likely N-dealkylation sites (tertiary alicyclic amines) is 1. The maximum atomic E-state index is 10.7. The molecule has 1 saturated heterocycles. The maximum absolute atomic E-state index is 10.7. The van der Waals surface area contributed by atoms with Gasteiger partial charge in [0.2, 0.25) is 0 Å². The highest BCUT2D eigenvalue weighted by Gasteiger charge is 2.14. The zero-order chi connectivity index (χ0) is 6.69. The summed E-state index contributed by atoms with van der Waals surface area (Å²) in [6, 6.07) is 0. The monoisotopic (exact) mass is 123 g/mol. The van der Waals surface area contributed by atoms with Crippen molar-refractivity contribution < 1.29 is 4.79 Å². The largest absolute Gasteiger partial charge is 0.332 e. The Morgan fingerprint density at radius 3 is 2.44 bits per heavy atom. The minimum absolute atomic E-state index is 0.160. The van der Waals surface area contributed by atoms with E-state index in [1.54, 1.807) is 4.90 Å². The van der Waals surface area contributed by atoms with Crippen LogP contribution in [0.5, 0.6) is 0 Å². The highest BCUT2D eigenvalue weighted by Crippen LogP contribution is 2.06. The van der Waals surface area contributed by atoms with E-state index in [0.717, 1.165) is 25.9 Å². The van der Waals surface area contributed by atoms with E-state index in [1.165, 1.54) is 0 Å². The molecule has 48 valence electrons. The quantitative estimate of drug-likeness (QED) is 0.422. The van der Waals surface area contributed by atoms with Crippen molar-refractivity contribution in [2.45, 2.75) is 12.8 Å². The molecule has 1 amide bonds. The van der Waals surface area contributed by atoms with Crippen molar-refractivity contribution in [1.82, 2.24) is 4.90 Å². The van der Waals surface area contributed by atoms with Gasteiger partial charge in [0.15, 0.2) is 0 Å². The van der Waals surface area contributed by atoms with Crippen LogP contribution in [0.3, 0.4) is 0 Å². The molecule has 0 radical (unpaired) electrons. The molecule has 0 aromatic rings. The summed E-state index contributed by atoms with van der Waals surface area (Å²) in [5.41, 5.74) is 0. The van der Waals surface area contributed by atoms with E-state index in [2.05, 4.69) is 5.92 Å². The predicted molar refractivity (Wildman–Crippen MR) is 34.6 cm³/mol. The molecule has 1 aliphatic rings. The van der Waals surface area contributed by atoms with Crippen LogP contribution in [-0.4, -0.2) is 23.9 Å². The molecule has 0 bridgehead atoms. The van der Waals surface area contributed by atoms with E-state index in [1.807, 2.05) is 0 Å². The van der Waals surface area contributed by atoms with Crippen LogP contribution in [-0.2, 0) is 4.79 Å². The molecule has 1 fully saturated rings. The Morgan fingerprint density at radius 1 is 1.44 bits per heavy atom. The lowest BCUT2D eigenvalue weighted by Crippen LogP contribution is -2.25. The van der Waals surface area contributed by atoms with Crippen LogP contribution >= 0.6 is 0 Å². The number of amides is 1. The summed E-state index contributed by atoms with van der Waals surface area (Å²) < 4.78 is 0. The topological polar surface area (TPSA) is 20.3 Å². The molecule has 0 N–H and O–H groups in total. The van der Waals surface area contributed by atoms with Gasteiger partial charge in [-0.1, -0.05) is 0 Å². The molecule has 1 aliphatic heterocycles. The van der Waals surface area contributed by atoms with Crippen molar-refractivity contribution in [1.29, 1.82) is 0 Å². The zero-order valence-electron chi connectivity index (χ0n) is 5.26. The molecule has 0 aromatic carbocycles. The van der Waals surface area contributed by atoms with Gasteiger partial charge in [-0.15, -0.1) is 6.42 Å². The summed E-state index contributed by atoms with van der Waals surface area (Å²) in [4.78, 5) is 12.4. The molecule has 0 atom stereocenters. The first kappa shape index (κ1) is 6.15. The lowest BCUT2D eigenvalue weighted by Gasteiger charge is -2.08. The Kier molecular flexibility index (Phi) is 1.74. The van der Waals surface area contributed by atoms with E-state index >= 15 is 0 Å². The minimum atomic E-state index is -0.160. The molecule has 2 nitrogen and oxygen atoms in total. The second-order valence-electron chi connectivity index (χ2n) is 2.14. The van der Waals surface area contributed by atoms with E-state index in [9.17, 15) is 4.79 Å². The van der Waals surface area contributed by atoms with E-state index in [0.29, 0.717) is 0 Å². The van der Waals surface area contributed by atoms with Gasteiger partial charge in [-0.3, -0.25) is 4.79 Å². The molecule has 0 unspecified atom stereocenters. The van der Waals surface area contributed by atoms with Crippen molar-refractivity contribution in [2.75, 3.05) is 13.1 Å². The molecular weight excluding hydrogens is 114 g/mol. The zero-order valence-corrected chi connectivity index (χ0v) is 5.26. The van der Waals surface area contributed by atoms with Gasteiger partial charge in [-0.2, -0.15) is 0 Å². The summed E-state index contributed by atoms with van der Waals surface area (Å²) >= 11 is 0. The van der Waals surface area contributed by atoms with Gasteiger partial charge >= 0.3 is 0 Å². The van der Waals surface area contributed by atoms with Gasteiger partial charge in [-0.05, 0) is 18.8 Å². The van der Waals surface area contributed by atoms with Crippen LogP contribution in [0.1, 0.15) is 12.8 Å². The van der Waals surface area contributed by atoms with Crippen molar-refractivity contribution in [2.24, 2.45) is 0 Å². The number of hydrogen-bond donors (Lipinski definition) is 0. The Labute approximate surface area is 54.8 Å². The molecule has 9 heavy (non-hydrogen) atoms. The highest BCUT2D eigenvalue weighted by atomic mass is 16.2. The first-order valence-electron chi connectivity index (χ1n) is 3.10.